The number of benzene rings is 1. The molecule has 106 valence electrons. The van der Waals surface area contributed by atoms with Gasteiger partial charge in [0.05, 0.1) is 6.04 Å². The third kappa shape index (κ3) is 5.23. The molecule has 5 nitrogen and oxygen atoms in total. The van der Waals surface area contributed by atoms with Crippen LogP contribution in [0, 0.1) is 5.82 Å². The lowest BCUT2D eigenvalue weighted by Crippen LogP contribution is -2.47. The summed E-state index contributed by atoms with van der Waals surface area (Å²) in [6.07, 6.45) is -0.503. The first kappa shape index (κ1) is 15.4. The number of amides is 2. The Balaban J connectivity index is 2.37. The van der Waals surface area contributed by atoms with E-state index in [0.717, 1.165) is 5.56 Å². The summed E-state index contributed by atoms with van der Waals surface area (Å²) in [5.74, 6) is -0.301. The standard InChI is InChI=1S/C13H19FN2O3/c1-9(12(18-2)19-3)16-13(17)15-8-10-4-6-11(14)7-5-10/h4-7,9,12H,8H2,1-3H3,(H2,15,16,17). The van der Waals surface area contributed by atoms with Gasteiger partial charge in [-0.2, -0.15) is 0 Å². The van der Waals surface area contributed by atoms with Crippen LogP contribution in [0.4, 0.5) is 9.18 Å². The van der Waals surface area contributed by atoms with Gasteiger partial charge in [-0.05, 0) is 24.6 Å². The Labute approximate surface area is 112 Å². The Morgan fingerprint density at radius 2 is 1.84 bits per heavy atom. The minimum Gasteiger partial charge on any atom is -0.354 e. The summed E-state index contributed by atoms with van der Waals surface area (Å²) in [7, 11) is 3.01. The molecule has 0 spiro atoms. The Morgan fingerprint density at radius 3 is 2.37 bits per heavy atom. The highest BCUT2D eigenvalue weighted by Crippen LogP contribution is 2.02. The predicted octanol–water partition coefficient (Wildman–Crippen LogP) is 1.63. The van der Waals surface area contributed by atoms with E-state index in [2.05, 4.69) is 10.6 Å². The van der Waals surface area contributed by atoms with Crippen molar-refractivity contribution in [3.63, 3.8) is 0 Å². The SMILES string of the molecule is COC(OC)C(C)NC(=O)NCc1ccc(F)cc1. The van der Waals surface area contributed by atoms with Crippen molar-refractivity contribution in [2.24, 2.45) is 0 Å². The van der Waals surface area contributed by atoms with Crippen LogP contribution in [0.15, 0.2) is 24.3 Å². The fraction of sp³-hybridized carbons (Fsp3) is 0.462. The van der Waals surface area contributed by atoms with E-state index in [1.165, 1.54) is 26.4 Å². The van der Waals surface area contributed by atoms with Crippen molar-refractivity contribution in [1.82, 2.24) is 10.6 Å². The van der Waals surface area contributed by atoms with Crippen molar-refractivity contribution >= 4 is 6.03 Å². The number of halogens is 1. The van der Waals surface area contributed by atoms with Crippen molar-refractivity contribution in [3.05, 3.63) is 35.6 Å². The van der Waals surface area contributed by atoms with Crippen LogP contribution < -0.4 is 10.6 Å². The zero-order valence-corrected chi connectivity index (χ0v) is 11.3. The second-order valence-electron chi connectivity index (χ2n) is 4.08. The molecule has 1 aromatic carbocycles. The van der Waals surface area contributed by atoms with Crippen LogP contribution in [0.1, 0.15) is 12.5 Å². The van der Waals surface area contributed by atoms with E-state index in [4.69, 9.17) is 9.47 Å². The van der Waals surface area contributed by atoms with Gasteiger partial charge in [-0.1, -0.05) is 12.1 Å². The molecular formula is C13H19FN2O3. The van der Waals surface area contributed by atoms with Gasteiger partial charge >= 0.3 is 6.03 Å². The molecule has 6 heteroatoms. The Kier molecular flexibility index (Phi) is 6.24. The van der Waals surface area contributed by atoms with E-state index in [1.54, 1.807) is 19.1 Å². The molecule has 1 unspecified atom stereocenters. The Morgan fingerprint density at radius 1 is 1.26 bits per heavy atom. The maximum atomic E-state index is 12.7. The highest BCUT2D eigenvalue weighted by atomic mass is 19.1. The third-order valence-electron chi connectivity index (χ3n) is 2.60. The zero-order valence-electron chi connectivity index (χ0n) is 11.3. The molecule has 0 fully saturated rings. The Hall–Kier alpha value is -1.66. The molecule has 0 heterocycles. The lowest BCUT2D eigenvalue weighted by Gasteiger charge is -2.22. The highest BCUT2D eigenvalue weighted by Gasteiger charge is 2.17. The van der Waals surface area contributed by atoms with E-state index in [9.17, 15) is 9.18 Å². The van der Waals surface area contributed by atoms with Crippen LogP contribution in [0.25, 0.3) is 0 Å². The van der Waals surface area contributed by atoms with Crippen LogP contribution in [-0.2, 0) is 16.0 Å². The summed E-state index contributed by atoms with van der Waals surface area (Å²) < 4.78 is 22.8. The normalized spacial score (nSPS) is 12.3. The quantitative estimate of drug-likeness (QED) is 0.772. The second-order valence-corrected chi connectivity index (χ2v) is 4.08. The van der Waals surface area contributed by atoms with Crippen LogP contribution in [0.5, 0.6) is 0 Å². The number of urea groups is 1. The minimum atomic E-state index is -0.503. The van der Waals surface area contributed by atoms with Gasteiger partial charge in [0.15, 0.2) is 6.29 Å². The molecule has 0 aliphatic carbocycles. The first-order valence-electron chi connectivity index (χ1n) is 5.91. The fourth-order valence-electron chi connectivity index (χ4n) is 1.61. The molecular weight excluding hydrogens is 251 g/mol. The summed E-state index contributed by atoms with van der Waals surface area (Å²) in [6.45, 7) is 2.10. The third-order valence-corrected chi connectivity index (χ3v) is 2.60. The van der Waals surface area contributed by atoms with Gasteiger partial charge in [-0.3, -0.25) is 0 Å². The van der Waals surface area contributed by atoms with Crippen LogP contribution in [-0.4, -0.2) is 32.6 Å². The van der Waals surface area contributed by atoms with Crippen molar-refractivity contribution in [1.29, 1.82) is 0 Å². The van der Waals surface area contributed by atoms with Gasteiger partial charge in [-0.15, -0.1) is 0 Å². The van der Waals surface area contributed by atoms with E-state index in [1.807, 2.05) is 0 Å². The van der Waals surface area contributed by atoms with Crippen LogP contribution >= 0.6 is 0 Å². The molecule has 0 aromatic heterocycles. The minimum absolute atomic E-state index is 0.289. The molecule has 1 atom stereocenters. The lowest BCUT2D eigenvalue weighted by atomic mass is 10.2. The van der Waals surface area contributed by atoms with E-state index in [0.29, 0.717) is 6.54 Å². The topological polar surface area (TPSA) is 59.6 Å². The number of hydrogen-bond acceptors (Lipinski definition) is 3. The fourth-order valence-corrected chi connectivity index (χ4v) is 1.61. The van der Waals surface area contributed by atoms with Crippen molar-refractivity contribution < 1.29 is 18.7 Å². The van der Waals surface area contributed by atoms with Gasteiger partial charge in [0.2, 0.25) is 0 Å². The van der Waals surface area contributed by atoms with Crippen molar-refractivity contribution in [2.45, 2.75) is 25.8 Å². The van der Waals surface area contributed by atoms with Gasteiger partial charge in [0, 0.05) is 20.8 Å². The number of ether oxygens (including phenoxy) is 2. The largest absolute Gasteiger partial charge is 0.354 e. The molecule has 0 bridgehead atoms. The lowest BCUT2D eigenvalue weighted by molar-refractivity contribution is -0.117. The molecule has 1 rings (SSSR count). The molecule has 0 saturated carbocycles. The summed E-state index contributed by atoms with van der Waals surface area (Å²) >= 11 is 0. The average Bonchev–Trinajstić information content (AvgIpc) is 2.39. The Bertz CT molecular complexity index is 393. The smallest absolute Gasteiger partial charge is 0.315 e. The summed E-state index contributed by atoms with van der Waals surface area (Å²) in [5, 5.41) is 5.36. The molecule has 0 aliphatic heterocycles. The molecule has 2 N–H and O–H groups in total. The number of rotatable bonds is 6. The molecule has 0 aliphatic rings. The summed E-state index contributed by atoms with van der Waals surface area (Å²) in [5.41, 5.74) is 0.819. The van der Waals surface area contributed by atoms with Gasteiger partial charge in [0.25, 0.3) is 0 Å². The van der Waals surface area contributed by atoms with E-state index < -0.39 is 6.29 Å². The summed E-state index contributed by atoms with van der Waals surface area (Å²) in [6, 6.07) is 5.31. The van der Waals surface area contributed by atoms with Crippen LogP contribution in [0.2, 0.25) is 0 Å². The second kappa shape index (κ2) is 7.70. The molecule has 1 aromatic rings. The van der Waals surface area contributed by atoms with E-state index >= 15 is 0 Å². The van der Waals surface area contributed by atoms with Crippen molar-refractivity contribution in [2.75, 3.05) is 14.2 Å². The number of carbonyl (C=O) groups excluding carboxylic acids is 1. The predicted molar refractivity (Wildman–Crippen MR) is 69.0 cm³/mol. The first-order valence-corrected chi connectivity index (χ1v) is 5.91. The maximum absolute atomic E-state index is 12.7. The number of methoxy groups -OCH3 is 2. The number of hydrogen-bond donors (Lipinski definition) is 2. The zero-order chi connectivity index (χ0) is 14.3. The van der Waals surface area contributed by atoms with Gasteiger partial charge in [-0.25, -0.2) is 9.18 Å². The van der Waals surface area contributed by atoms with Crippen molar-refractivity contribution in [3.8, 4) is 0 Å². The maximum Gasteiger partial charge on any atom is 0.315 e. The molecule has 2 amide bonds. The molecule has 0 saturated heterocycles. The molecule has 19 heavy (non-hydrogen) atoms. The monoisotopic (exact) mass is 270 g/mol. The highest BCUT2D eigenvalue weighted by molar-refractivity contribution is 5.74. The first-order chi connectivity index (χ1) is 9.06. The average molecular weight is 270 g/mol. The van der Waals surface area contributed by atoms with Gasteiger partial charge < -0.3 is 20.1 Å². The number of carbonyl (C=O) groups is 1. The molecule has 0 radical (unpaired) electrons. The number of nitrogens with one attached hydrogen (secondary N) is 2. The van der Waals surface area contributed by atoms with Gasteiger partial charge in [0.1, 0.15) is 5.82 Å². The summed E-state index contributed by atoms with van der Waals surface area (Å²) in [4.78, 5) is 11.6. The van der Waals surface area contributed by atoms with Crippen LogP contribution in [0.3, 0.4) is 0 Å². The van der Waals surface area contributed by atoms with E-state index in [-0.39, 0.29) is 17.9 Å².